The Bertz CT molecular complexity index is 1450. The van der Waals surface area contributed by atoms with Crippen molar-refractivity contribution in [2.24, 2.45) is 0 Å². The quantitative estimate of drug-likeness (QED) is 0.411. The van der Waals surface area contributed by atoms with E-state index in [1.54, 1.807) is 10.8 Å². The Hall–Kier alpha value is -3.23. The molecule has 0 saturated carbocycles. The van der Waals surface area contributed by atoms with Gasteiger partial charge in [0.2, 0.25) is 0 Å². The van der Waals surface area contributed by atoms with Gasteiger partial charge in [0.25, 0.3) is 0 Å². The third kappa shape index (κ3) is 4.08. The number of benzene rings is 2. The summed E-state index contributed by atoms with van der Waals surface area (Å²) in [6.45, 7) is 14.5. The number of hydrogen-bond acceptors (Lipinski definition) is 5. The number of imidazole rings is 1. The first-order valence-corrected chi connectivity index (χ1v) is 12.5. The first-order valence-electron chi connectivity index (χ1n) is 12.5. The molecule has 0 radical (unpaired) electrons. The molecule has 2 aromatic carbocycles. The Kier molecular flexibility index (Phi) is 5.92. The molecule has 0 bridgehead atoms. The van der Waals surface area contributed by atoms with Crippen LogP contribution in [0.5, 0.6) is 0 Å². The molecule has 4 aromatic rings. The highest BCUT2D eigenvalue weighted by Gasteiger charge is 2.51. The van der Waals surface area contributed by atoms with Crippen LogP contribution in [0, 0.1) is 0 Å². The smallest absolute Gasteiger partial charge is 0.399 e. The predicted octanol–water partition coefficient (Wildman–Crippen LogP) is 4.82. The number of nitrogens with zero attached hydrogens (tertiary/aromatic N) is 3. The lowest BCUT2D eigenvalue weighted by Crippen LogP contribution is -2.41. The molecule has 0 aliphatic carbocycles. The maximum atomic E-state index is 13.0. The maximum absolute atomic E-state index is 13.0. The normalized spacial score (nSPS) is 17.7. The summed E-state index contributed by atoms with van der Waals surface area (Å²) in [5.41, 5.74) is 4.29. The molecule has 1 fully saturated rings. The monoisotopic (exact) mass is 484 g/mol. The largest absolute Gasteiger partial charge is 0.494 e. The van der Waals surface area contributed by atoms with E-state index in [-0.39, 0.29) is 11.7 Å². The highest BCUT2D eigenvalue weighted by atomic mass is 16.7. The molecule has 0 spiro atoms. The van der Waals surface area contributed by atoms with Gasteiger partial charge in [0, 0.05) is 5.56 Å². The van der Waals surface area contributed by atoms with E-state index in [1.165, 1.54) is 5.56 Å². The summed E-state index contributed by atoms with van der Waals surface area (Å²) in [5.74, 6) is 0.943. The van der Waals surface area contributed by atoms with E-state index in [9.17, 15) is 4.79 Å². The summed E-state index contributed by atoms with van der Waals surface area (Å²) in [5, 5.41) is 0. The second-order valence-corrected chi connectivity index (χ2v) is 10.9. The molecule has 8 heteroatoms. The van der Waals surface area contributed by atoms with Crippen LogP contribution in [-0.2, 0) is 9.31 Å². The zero-order valence-corrected chi connectivity index (χ0v) is 22.0. The van der Waals surface area contributed by atoms with E-state index >= 15 is 0 Å². The second-order valence-electron chi connectivity index (χ2n) is 10.9. The molecule has 1 atom stereocenters. The number of aromatic amines is 1. The van der Waals surface area contributed by atoms with Crippen LogP contribution in [0.4, 0.5) is 0 Å². The van der Waals surface area contributed by atoms with Gasteiger partial charge < -0.3 is 14.3 Å². The lowest BCUT2D eigenvalue weighted by molar-refractivity contribution is 0.00578. The molecule has 1 aliphatic heterocycles. The van der Waals surface area contributed by atoms with Gasteiger partial charge in [-0.1, -0.05) is 62.4 Å². The Morgan fingerprint density at radius 1 is 0.944 bits per heavy atom. The number of aromatic nitrogens is 4. The summed E-state index contributed by atoms with van der Waals surface area (Å²) >= 11 is 0. The van der Waals surface area contributed by atoms with Gasteiger partial charge in [-0.25, -0.2) is 14.8 Å². The number of H-pyrrole nitrogens is 1. The van der Waals surface area contributed by atoms with Crippen LogP contribution < -0.4 is 11.2 Å². The minimum absolute atomic E-state index is 0.212. The Labute approximate surface area is 212 Å². The first-order chi connectivity index (χ1) is 17.0. The fourth-order valence-corrected chi connectivity index (χ4v) is 4.67. The molecular weight excluding hydrogens is 451 g/mol. The van der Waals surface area contributed by atoms with Gasteiger partial charge in [0.1, 0.15) is 5.52 Å². The van der Waals surface area contributed by atoms with Gasteiger partial charge in [-0.2, -0.15) is 0 Å². The van der Waals surface area contributed by atoms with Crippen molar-refractivity contribution in [3.63, 3.8) is 0 Å². The molecule has 7 nitrogen and oxygen atoms in total. The third-order valence-corrected chi connectivity index (χ3v) is 7.61. The molecule has 0 amide bonds. The average molecular weight is 484 g/mol. The highest BCUT2D eigenvalue weighted by molar-refractivity contribution is 6.62. The molecule has 3 heterocycles. The minimum Gasteiger partial charge on any atom is -0.399 e. The van der Waals surface area contributed by atoms with Crippen LogP contribution in [0.15, 0.2) is 59.5 Å². The summed E-state index contributed by atoms with van der Waals surface area (Å²) in [6.07, 6.45) is 1.70. The minimum atomic E-state index is -0.425. The Morgan fingerprint density at radius 2 is 1.58 bits per heavy atom. The van der Waals surface area contributed by atoms with Crippen molar-refractivity contribution >= 4 is 23.7 Å². The van der Waals surface area contributed by atoms with E-state index in [0.717, 1.165) is 16.6 Å². The highest BCUT2D eigenvalue weighted by Crippen LogP contribution is 2.36. The molecule has 1 saturated heterocycles. The van der Waals surface area contributed by atoms with Gasteiger partial charge in [0.05, 0.1) is 23.4 Å². The molecule has 36 heavy (non-hydrogen) atoms. The van der Waals surface area contributed by atoms with Crippen molar-refractivity contribution in [2.45, 2.75) is 71.6 Å². The summed E-state index contributed by atoms with van der Waals surface area (Å²) < 4.78 is 14.1. The van der Waals surface area contributed by atoms with E-state index in [4.69, 9.17) is 14.3 Å². The number of rotatable bonds is 5. The van der Waals surface area contributed by atoms with Gasteiger partial charge in [0.15, 0.2) is 11.5 Å². The fraction of sp³-hybridized carbons (Fsp3) is 0.393. The number of nitrogens with one attached hydrogen (secondary N) is 1. The zero-order chi connectivity index (χ0) is 25.8. The molecule has 2 aromatic heterocycles. The zero-order valence-electron chi connectivity index (χ0n) is 22.0. The summed E-state index contributed by atoms with van der Waals surface area (Å²) in [7, 11) is -0.425. The van der Waals surface area contributed by atoms with Crippen molar-refractivity contribution in [1.29, 1.82) is 0 Å². The lowest BCUT2D eigenvalue weighted by atomic mass is 9.78. The van der Waals surface area contributed by atoms with Crippen LogP contribution in [0.25, 0.3) is 22.6 Å². The summed E-state index contributed by atoms with van der Waals surface area (Å²) in [4.78, 5) is 25.3. The van der Waals surface area contributed by atoms with Crippen molar-refractivity contribution < 1.29 is 9.31 Å². The topological polar surface area (TPSA) is 82.0 Å². The average Bonchev–Trinajstić information content (AvgIpc) is 3.28. The molecule has 1 aliphatic rings. The fourth-order valence-electron chi connectivity index (χ4n) is 4.67. The van der Waals surface area contributed by atoms with Gasteiger partial charge in [-0.05, 0) is 57.1 Å². The number of fused-ring (bicyclic) bond motifs is 1. The standard InChI is InChI=1S/C28H33BN4O3/c1-17(2)21-10-8-9-11-22(21)24-30-16-23-25(32-24)33(26(34)31-23)18(3)19-12-14-20(15-13-19)29-35-27(4,5)28(6,7)36-29/h8-18H,1-7H3,(H,31,34). The van der Waals surface area contributed by atoms with Gasteiger partial charge in [-0.15, -0.1) is 0 Å². The molecule has 1 N–H and O–H groups in total. The van der Waals surface area contributed by atoms with Gasteiger partial charge >= 0.3 is 12.8 Å². The molecule has 1 unspecified atom stereocenters. The first kappa shape index (κ1) is 24.5. The molecule has 186 valence electrons. The number of hydrogen-bond donors (Lipinski definition) is 1. The van der Waals surface area contributed by atoms with Crippen LogP contribution in [0.1, 0.15) is 71.6 Å². The van der Waals surface area contributed by atoms with E-state index in [0.29, 0.717) is 22.9 Å². The lowest BCUT2D eigenvalue weighted by Gasteiger charge is -2.32. The molecular formula is C28H33BN4O3. The van der Waals surface area contributed by atoms with Crippen molar-refractivity contribution in [3.05, 3.63) is 76.3 Å². The summed E-state index contributed by atoms with van der Waals surface area (Å²) in [6, 6.07) is 16.0. The van der Waals surface area contributed by atoms with E-state index < -0.39 is 18.3 Å². The SMILES string of the molecule is CC(C)c1ccccc1-c1ncc2[nH]c(=O)n(C(C)c3ccc(B4OC(C)(C)C(C)(C)O4)cc3)c2n1. The van der Waals surface area contributed by atoms with Crippen LogP contribution in [0.3, 0.4) is 0 Å². The van der Waals surface area contributed by atoms with Crippen molar-refractivity contribution in [3.8, 4) is 11.4 Å². The second kappa shape index (κ2) is 8.71. The maximum Gasteiger partial charge on any atom is 0.494 e. The van der Waals surface area contributed by atoms with Gasteiger partial charge in [-0.3, -0.25) is 4.57 Å². The van der Waals surface area contributed by atoms with Crippen molar-refractivity contribution in [2.75, 3.05) is 0 Å². The Balaban J connectivity index is 1.49. The third-order valence-electron chi connectivity index (χ3n) is 7.61. The van der Waals surface area contributed by atoms with Crippen molar-refractivity contribution in [1.82, 2.24) is 19.5 Å². The van der Waals surface area contributed by atoms with E-state index in [2.05, 4.69) is 29.9 Å². The predicted molar refractivity (Wildman–Crippen MR) is 144 cm³/mol. The Morgan fingerprint density at radius 3 is 2.22 bits per heavy atom. The van der Waals surface area contributed by atoms with Crippen LogP contribution >= 0.6 is 0 Å². The van der Waals surface area contributed by atoms with Crippen LogP contribution in [-0.4, -0.2) is 37.8 Å². The molecule has 5 rings (SSSR count). The van der Waals surface area contributed by atoms with Crippen LogP contribution in [0.2, 0.25) is 0 Å². The van der Waals surface area contributed by atoms with E-state index in [1.807, 2.05) is 77.1 Å².